The van der Waals surface area contributed by atoms with Gasteiger partial charge in [-0.15, -0.1) is 0 Å². The zero-order valence-corrected chi connectivity index (χ0v) is 12.5. The summed E-state index contributed by atoms with van der Waals surface area (Å²) in [4.78, 5) is 4.47. The molecule has 1 N–H and O–H groups in total. The first-order valence-corrected chi connectivity index (χ1v) is 7.42. The second-order valence-corrected chi connectivity index (χ2v) is 5.93. The van der Waals surface area contributed by atoms with E-state index in [2.05, 4.69) is 38.2 Å². The van der Waals surface area contributed by atoms with Crippen molar-refractivity contribution in [2.75, 3.05) is 0 Å². The second-order valence-electron chi connectivity index (χ2n) is 5.08. The molecule has 0 saturated carbocycles. The van der Waals surface area contributed by atoms with Crippen LogP contribution in [0.1, 0.15) is 22.9 Å². The van der Waals surface area contributed by atoms with Gasteiger partial charge in [-0.2, -0.15) is 4.98 Å². The molecule has 0 radical (unpaired) electrons. The lowest BCUT2D eigenvalue weighted by atomic mass is 9.77. The first-order valence-electron chi connectivity index (χ1n) is 6.62. The minimum absolute atomic E-state index is 0.154. The lowest BCUT2D eigenvalue weighted by Gasteiger charge is -2.27. The predicted molar refractivity (Wildman–Crippen MR) is 81.1 cm³/mol. The number of hydrogen-bond acceptors (Lipinski definition) is 4. The summed E-state index contributed by atoms with van der Waals surface area (Å²) in [5, 5.41) is 13.8. The maximum atomic E-state index is 9.73. The average Bonchev–Trinajstić information content (AvgIpc) is 2.93. The summed E-state index contributed by atoms with van der Waals surface area (Å²) in [6.45, 7) is 0. The van der Waals surface area contributed by atoms with Crippen LogP contribution in [0.15, 0.2) is 51.5 Å². The monoisotopic (exact) mass is 342 g/mol. The van der Waals surface area contributed by atoms with Crippen molar-refractivity contribution in [2.24, 2.45) is 0 Å². The Morgan fingerprint density at radius 2 is 2.05 bits per heavy atom. The Morgan fingerprint density at radius 1 is 1.19 bits per heavy atom. The van der Waals surface area contributed by atoms with Gasteiger partial charge in [-0.05, 0) is 51.7 Å². The third-order valence-electron chi connectivity index (χ3n) is 3.80. The summed E-state index contributed by atoms with van der Waals surface area (Å²) in [6, 6.07) is 13.5. The van der Waals surface area contributed by atoms with Crippen LogP contribution in [0, 0.1) is 0 Å². The molecule has 4 nitrogen and oxygen atoms in total. The Balaban J connectivity index is 1.66. The highest BCUT2D eigenvalue weighted by molar-refractivity contribution is 9.10. The van der Waals surface area contributed by atoms with E-state index >= 15 is 0 Å². The zero-order chi connectivity index (χ0) is 14.4. The average molecular weight is 343 g/mol. The van der Waals surface area contributed by atoms with Crippen molar-refractivity contribution >= 4 is 15.9 Å². The molecule has 1 aliphatic carbocycles. The molecule has 1 unspecified atom stereocenters. The standard InChI is InChI=1S/C16H11BrN2O2/c17-13-6-5-10(8-14(13)20)16-18-15(19-21-16)12-7-9-3-1-2-4-11(9)12/h1-6,8,12,20H,7H2. The molecule has 104 valence electrons. The molecule has 21 heavy (non-hydrogen) atoms. The summed E-state index contributed by atoms with van der Waals surface area (Å²) in [7, 11) is 0. The molecule has 0 saturated heterocycles. The van der Waals surface area contributed by atoms with Gasteiger partial charge in [-0.1, -0.05) is 29.4 Å². The van der Waals surface area contributed by atoms with Gasteiger partial charge in [0.2, 0.25) is 0 Å². The van der Waals surface area contributed by atoms with Gasteiger partial charge in [0, 0.05) is 5.56 Å². The number of benzene rings is 2. The van der Waals surface area contributed by atoms with E-state index in [0.717, 1.165) is 6.42 Å². The largest absolute Gasteiger partial charge is 0.507 e. The Morgan fingerprint density at radius 3 is 2.86 bits per heavy atom. The summed E-state index contributed by atoms with van der Waals surface area (Å²) < 4.78 is 5.97. The van der Waals surface area contributed by atoms with E-state index in [0.29, 0.717) is 21.8 Å². The van der Waals surface area contributed by atoms with Crippen molar-refractivity contribution < 1.29 is 9.63 Å². The molecule has 0 bridgehead atoms. The van der Waals surface area contributed by atoms with E-state index in [9.17, 15) is 5.11 Å². The highest BCUT2D eigenvalue weighted by Gasteiger charge is 2.31. The van der Waals surface area contributed by atoms with Crippen molar-refractivity contribution in [3.8, 4) is 17.2 Å². The quantitative estimate of drug-likeness (QED) is 0.767. The lowest BCUT2D eigenvalue weighted by molar-refractivity contribution is 0.415. The van der Waals surface area contributed by atoms with Gasteiger partial charge >= 0.3 is 0 Å². The summed E-state index contributed by atoms with van der Waals surface area (Å²) in [5.41, 5.74) is 3.32. The number of rotatable bonds is 2. The first-order chi connectivity index (χ1) is 10.2. The SMILES string of the molecule is Oc1cc(-c2nc(C3Cc4ccccc43)no2)ccc1Br. The molecule has 5 heteroatoms. The Labute approximate surface area is 129 Å². The molecule has 0 spiro atoms. The Kier molecular flexibility index (Phi) is 2.82. The molecule has 4 rings (SSSR count). The van der Waals surface area contributed by atoms with Crippen LogP contribution >= 0.6 is 15.9 Å². The van der Waals surface area contributed by atoms with Crippen LogP contribution in [0.5, 0.6) is 5.75 Å². The van der Waals surface area contributed by atoms with E-state index in [1.165, 1.54) is 11.1 Å². The molecule has 2 aromatic carbocycles. The molecule has 0 fully saturated rings. The number of nitrogens with zero attached hydrogens (tertiary/aromatic N) is 2. The molecule has 3 aromatic rings. The zero-order valence-electron chi connectivity index (χ0n) is 11.0. The number of aromatic hydroxyl groups is 1. The topological polar surface area (TPSA) is 59.2 Å². The number of aromatic nitrogens is 2. The Hall–Kier alpha value is -2.14. The predicted octanol–water partition coefficient (Wildman–Crippen LogP) is 3.89. The number of phenolic OH excluding ortho intramolecular Hbond substituents is 1. The van der Waals surface area contributed by atoms with Crippen molar-refractivity contribution in [1.29, 1.82) is 0 Å². The summed E-state index contributed by atoms with van der Waals surface area (Å²) >= 11 is 3.25. The van der Waals surface area contributed by atoms with Crippen LogP contribution in [-0.2, 0) is 6.42 Å². The van der Waals surface area contributed by atoms with Crippen LogP contribution < -0.4 is 0 Å². The minimum Gasteiger partial charge on any atom is -0.507 e. The maximum absolute atomic E-state index is 9.73. The van der Waals surface area contributed by atoms with Gasteiger partial charge < -0.3 is 9.63 Å². The first kappa shape index (κ1) is 12.6. The van der Waals surface area contributed by atoms with Crippen LogP contribution in [0.25, 0.3) is 11.5 Å². The van der Waals surface area contributed by atoms with Crippen molar-refractivity contribution in [2.45, 2.75) is 12.3 Å². The number of fused-ring (bicyclic) bond motifs is 1. The van der Waals surface area contributed by atoms with Crippen LogP contribution in [0.2, 0.25) is 0 Å². The van der Waals surface area contributed by atoms with Gasteiger partial charge in [-0.25, -0.2) is 0 Å². The number of phenols is 1. The highest BCUT2D eigenvalue weighted by atomic mass is 79.9. The molecule has 0 aliphatic heterocycles. The van der Waals surface area contributed by atoms with E-state index in [1.807, 2.05) is 18.2 Å². The van der Waals surface area contributed by atoms with Gasteiger partial charge in [-0.3, -0.25) is 0 Å². The smallest absolute Gasteiger partial charge is 0.258 e. The van der Waals surface area contributed by atoms with E-state index in [1.54, 1.807) is 12.1 Å². The molecule has 1 aliphatic rings. The van der Waals surface area contributed by atoms with Gasteiger partial charge in [0.1, 0.15) is 5.75 Å². The summed E-state index contributed by atoms with van der Waals surface area (Å²) in [5.74, 6) is 1.49. The van der Waals surface area contributed by atoms with Crippen LogP contribution in [-0.4, -0.2) is 15.2 Å². The van der Waals surface area contributed by atoms with Gasteiger partial charge in [0.25, 0.3) is 5.89 Å². The number of halogens is 1. The van der Waals surface area contributed by atoms with E-state index < -0.39 is 0 Å². The fourth-order valence-electron chi connectivity index (χ4n) is 2.63. The molecule has 1 atom stereocenters. The van der Waals surface area contributed by atoms with Gasteiger partial charge in [0.05, 0.1) is 10.4 Å². The highest BCUT2D eigenvalue weighted by Crippen LogP contribution is 2.39. The fraction of sp³-hybridized carbons (Fsp3) is 0.125. The molecular formula is C16H11BrN2O2. The number of hydrogen-bond donors (Lipinski definition) is 1. The molecular weight excluding hydrogens is 332 g/mol. The lowest BCUT2D eigenvalue weighted by Crippen LogP contribution is -2.19. The van der Waals surface area contributed by atoms with Crippen molar-refractivity contribution in [3.63, 3.8) is 0 Å². The van der Waals surface area contributed by atoms with Crippen LogP contribution in [0.3, 0.4) is 0 Å². The Bertz CT molecular complexity index is 829. The van der Waals surface area contributed by atoms with E-state index in [4.69, 9.17) is 4.52 Å². The summed E-state index contributed by atoms with van der Waals surface area (Å²) in [6.07, 6.45) is 0.945. The second kappa shape index (κ2) is 4.70. The normalized spacial score (nSPS) is 16.3. The van der Waals surface area contributed by atoms with Crippen LogP contribution in [0.4, 0.5) is 0 Å². The molecule has 1 aromatic heterocycles. The maximum Gasteiger partial charge on any atom is 0.258 e. The molecule has 1 heterocycles. The van der Waals surface area contributed by atoms with Crippen molar-refractivity contribution in [1.82, 2.24) is 10.1 Å². The van der Waals surface area contributed by atoms with Gasteiger partial charge in [0.15, 0.2) is 5.82 Å². The fourth-order valence-corrected chi connectivity index (χ4v) is 2.88. The van der Waals surface area contributed by atoms with E-state index in [-0.39, 0.29) is 11.7 Å². The molecule has 0 amide bonds. The van der Waals surface area contributed by atoms with Crippen molar-refractivity contribution in [3.05, 3.63) is 63.9 Å². The third-order valence-corrected chi connectivity index (χ3v) is 4.47. The third kappa shape index (κ3) is 2.05. The minimum atomic E-state index is 0.154.